The van der Waals surface area contributed by atoms with E-state index in [1.54, 1.807) is 18.2 Å². The van der Waals surface area contributed by atoms with Crippen molar-refractivity contribution in [1.82, 2.24) is 10.2 Å². The van der Waals surface area contributed by atoms with Gasteiger partial charge in [0, 0.05) is 29.2 Å². The number of carbonyl (C=O) groups excluding carboxylic acids is 1. The zero-order chi connectivity index (χ0) is 23.8. The van der Waals surface area contributed by atoms with Crippen molar-refractivity contribution in [2.45, 2.75) is 50.0 Å². The predicted octanol–water partition coefficient (Wildman–Crippen LogP) is 4.96. The number of rotatable bonds is 10. The van der Waals surface area contributed by atoms with Gasteiger partial charge in [0.15, 0.2) is 0 Å². The Kier molecular flexibility index (Phi) is 9.44. The smallest absolute Gasteiger partial charge is 0.264 e. The van der Waals surface area contributed by atoms with Crippen LogP contribution in [0.4, 0.5) is 5.69 Å². The van der Waals surface area contributed by atoms with Gasteiger partial charge in [-0.2, -0.15) is 0 Å². The van der Waals surface area contributed by atoms with Crippen LogP contribution in [0.5, 0.6) is 0 Å². The fourth-order valence-electron chi connectivity index (χ4n) is 4.23. The molecule has 180 valence electrons. The molecule has 1 amide bonds. The molecule has 0 aliphatic carbocycles. The monoisotopic (exact) mass is 511 g/mol. The molecule has 3 rings (SSSR count). The lowest BCUT2D eigenvalue weighted by atomic mass is 10.00. The Hall–Kier alpha value is -1.80. The summed E-state index contributed by atoms with van der Waals surface area (Å²) in [6.07, 6.45) is 5.69. The van der Waals surface area contributed by atoms with Gasteiger partial charge in [0.25, 0.3) is 10.0 Å². The molecule has 1 unspecified atom stereocenters. The molecule has 1 N–H and O–H groups in total. The van der Waals surface area contributed by atoms with Crippen molar-refractivity contribution >= 4 is 44.8 Å². The van der Waals surface area contributed by atoms with Gasteiger partial charge in [-0.15, -0.1) is 0 Å². The molecule has 2 aromatic rings. The first-order valence-corrected chi connectivity index (χ1v) is 13.6. The molecule has 0 bridgehead atoms. The summed E-state index contributed by atoms with van der Waals surface area (Å²) in [5.74, 6) is -0.378. The highest BCUT2D eigenvalue weighted by Crippen LogP contribution is 2.29. The van der Waals surface area contributed by atoms with E-state index in [1.165, 1.54) is 49.6 Å². The molecule has 2 aromatic carbocycles. The lowest BCUT2D eigenvalue weighted by Gasteiger charge is -2.35. The third-order valence-electron chi connectivity index (χ3n) is 5.92. The van der Waals surface area contributed by atoms with Crippen LogP contribution in [0.2, 0.25) is 10.0 Å². The first-order valence-electron chi connectivity index (χ1n) is 11.4. The summed E-state index contributed by atoms with van der Waals surface area (Å²) in [6, 6.07) is 13.1. The van der Waals surface area contributed by atoms with E-state index in [1.807, 2.05) is 0 Å². The van der Waals surface area contributed by atoms with Gasteiger partial charge >= 0.3 is 0 Å². The molecule has 1 fully saturated rings. The van der Waals surface area contributed by atoms with Crippen LogP contribution in [0.1, 0.15) is 39.0 Å². The van der Waals surface area contributed by atoms with Gasteiger partial charge in [-0.1, -0.05) is 54.7 Å². The molecule has 0 radical (unpaired) electrons. The van der Waals surface area contributed by atoms with Gasteiger partial charge < -0.3 is 10.2 Å². The van der Waals surface area contributed by atoms with E-state index in [-0.39, 0.29) is 33.1 Å². The summed E-state index contributed by atoms with van der Waals surface area (Å²) in [5.41, 5.74) is 0.241. The summed E-state index contributed by atoms with van der Waals surface area (Å²) in [6.45, 7) is 4.37. The fraction of sp³-hybridized carbons (Fsp3) is 0.458. The van der Waals surface area contributed by atoms with Crippen molar-refractivity contribution in [2.75, 3.05) is 30.5 Å². The van der Waals surface area contributed by atoms with Crippen LogP contribution in [0.3, 0.4) is 0 Å². The van der Waals surface area contributed by atoms with E-state index in [4.69, 9.17) is 23.2 Å². The largest absolute Gasteiger partial charge is 0.354 e. The van der Waals surface area contributed by atoms with Crippen LogP contribution < -0.4 is 9.62 Å². The maximum Gasteiger partial charge on any atom is 0.264 e. The number of piperidine rings is 1. The van der Waals surface area contributed by atoms with Crippen LogP contribution in [0, 0.1) is 0 Å². The first-order chi connectivity index (χ1) is 15.8. The molecule has 0 aromatic heterocycles. The zero-order valence-electron chi connectivity index (χ0n) is 18.8. The highest BCUT2D eigenvalue weighted by atomic mass is 35.5. The number of halogens is 2. The predicted molar refractivity (Wildman–Crippen MR) is 135 cm³/mol. The van der Waals surface area contributed by atoms with Crippen LogP contribution in [0.25, 0.3) is 0 Å². The minimum Gasteiger partial charge on any atom is -0.354 e. The molecule has 0 spiro atoms. The number of amides is 1. The van der Waals surface area contributed by atoms with Crippen LogP contribution in [-0.4, -0.2) is 51.4 Å². The van der Waals surface area contributed by atoms with Gasteiger partial charge in [-0.05, 0) is 62.6 Å². The molecule has 1 atom stereocenters. The molecule has 1 heterocycles. The number of benzene rings is 2. The molecule has 9 heteroatoms. The molecule has 0 saturated carbocycles. The summed E-state index contributed by atoms with van der Waals surface area (Å²) in [4.78, 5) is 15.3. The minimum absolute atomic E-state index is 0.0876. The molecule has 6 nitrogen and oxygen atoms in total. The molecular weight excluding hydrogens is 481 g/mol. The third kappa shape index (κ3) is 7.09. The number of nitrogens with one attached hydrogen (secondary N) is 1. The quantitative estimate of drug-likeness (QED) is 0.457. The summed E-state index contributed by atoms with van der Waals surface area (Å²) < 4.78 is 27.7. The lowest BCUT2D eigenvalue weighted by Crippen LogP contribution is -2.43. The molecule has 33 heavy (non-hydrogen) atoms. The van der Waals surface area contributed by atoms with Crippen molar-refractivity contribution < 1.29 is 13.2 Å². The van der Waals surface area contributed by atoms with E-state index in [9.17, 15) is 13.2 Å². The number of nitrogens with zero attached hydrogens (tertiary/aromatic N) is 2. The third-order valence-corrected chi connectivity index (χ3v) is 8.14. The second kappa shape index (κ2) is 12.1. The zero-order valence-corrected chi connectivity index (χ0v) is 21.2. The van der Waals surface area contributed by atoms with E-state index in [2.05, 4.69) is 17.1 Å². The Morgan fingerprint density at radius 2 is 1.82 bits per heavy atom. The Morgan fingerprint density at radius 3 is 2.48 bits per heavy atom. The number of anilines is 1. The van der Waals surface area contributed by atoms with Crippen molar-refractivity contribution in [3.8, 4) is 0 Å². The number of sulfonamides is 1. The second-order valence-corrected chi connectivity index (χ2v) is 11.0. The van der Waals surface area contributed by atoms with Crippen LogP contribution >= 0.6 is 23.2 Å². The van der Waals surface area contributed by atoms with Gasteiger partial charge in [0.1, 0.15) is 6.54 Å². The van der Waals surface area contributed by atoms with Crippen molar-refractivity contribution in [2.24, 2.45) is 0 Å². The van der Waals surface area contributed by atoms with E-state index in [0.717, 1.165) is 30.2 Å². The molecule has 1 saturated heterocycles. The normalized spacial score (nSPS) is 17.0. The minimum atomic E-state index is -3.99. The molecule has 1 aliphatic heterocycles. The fourth-order valence-corrected chi connectivity index (χ4v) is 6.17. The number of hydrogen-bond donors (Lipinski definition) is 1. The highest BCUT2D eigenvalue weighted by Gasteiger charge is 2.27. The van der Waals surface area contributed by atoms with E-state index in [0.29, 0.717) is 12.6 Å². The number of hydrogen-bond acceptors (Lipinski definition) is 4. The average molecular weight is 513 g/mol. The molecular formula is C24H31Cl2N3O3S. The van der Waals surface area contributed by atoms with E-state index < -0.39 is 10.0 Å². The molecule has 1 aliphatic rings. The Bertz CT molecular complexity index is 1010. The Labute approximate surface area is 206 Å². The number of carbonyl (C=O) groups is 1. The highest BCUT2D eigenvalue weighted by molar-refractivity contribution is 7.92. The summed E-state index contributed by atoms with van der Waals surface area (Å²) in [7, 11) is -3.99. The maximum absolute atomic E-state index is 13.3. The van der Waals surface area contributed by atoms with Gasteiger partial charge in [-0.25, -0.2) is 8.42 Å². The average Bonchev–Trinajstić information content (AvgIpc) is 2.80. The SMILES string of the molecule is CCC1CCCCN1CCCNC(=O)CN(c1cc(Cl)cc(Cl)c1)S(=O)(=O)c1ccccc1. The van der Waals surface area contributed by atoms with Gasteiger partial charge in [-0.3, -0.25) is 9.10 Å². The van der Waals surface area contributed by atoms with Crippen molar-refractivity contribution in [3.05, 3.63) is 58.6 Å². The van der Waals surface area contributed by atoms with E-state index >= 15 is 0 Å². The maximum atomic E-state index is 13.3. The van der Waals surface area contributed by atoms with Gasteiger partial charge in [0.05, 0.1) is 10.6 Å². The van der Waals surface area contributed by atoms with Gasteiger partial charge in [0.2, 0.25) is 5.91 Å². The summed E-state index contributed by atoms with van der Waals surface area (Å²) >= 11 is 12.2. The first kappa shape index (κ1) is 25.8. The van der Waals surface area contributed by atoms with Crippen LogP contribution in [-0.2, 0) is 14.8 Å². The standard InChI is InChI=1S/C24H31Cl2N3O3S/c1-2-21-9-6-7-13-28(21)14-8-12-27-24(30)18-29(22-16-19(25)15-20(26)17-22)33(31,32)23-10-4-3-5-11-23/h3-5,10-11,15-17,21H,2,6-9,12-14,18H2,1H3,(H,27,30). The summed E-state index contributed by atoms with van der Waals surface area (Å²) in [5, 5.41) is 3.45. The Balaban J connectivity index is 1.68. The lowest BCUT2D eigenvalue weighted by molar-refractivity contribution is -0.119. The van der Waals surface area contributed by atoms with Crippen LogP contribution in [0.15, 0.2) is 53.4 Å². The topological polar surface area (TPSA) is 69.7 Å². The van der Waals surface area contributed by atoms with Crippen molar-refractivity contribution in [3.63, 3.8) is 0 Å². The Morgan fingerprint density at radius 1 is 1.12 bits per heavy atom. The second-order valence-electron chi connectivity index (χ2n) is 8.25. The van der Waals surface area contributed by atoms with Crippen molar-refractivity contribution in [1.29, 1.82) is 0 Å². The number of likely N-dealkylation sites (tertiary alicyclic amines) is 1.